The summed E-state index contributed by atoms with van der Waals surface area (Å²) in [5, 5.41) is 10.5. The molecule has 0 bridgehead atoms. The largest absolute Gasteiger partial charge is 0.309 e. The highest BCUT2D eigenvalue weighted by atomic mass is 79.9. The summed E-state index contributed by atoms with van der Waals surface area (Å²) < 4.78 is 3.24. The predicted molar refractivity (Wildman–Crippen MR) is 94.0 cm³/mol. The maximum atomic E-state index is 4.73. The minimum Gasteiger partial charge on any atom is -0.309 e. The lowest BCUT2D eigenvalue weighted by Crippen LogP contribution is -2.23. The zero-order valence-corrected chi connectivity index (χ0v) is 15.4. The number of halogens is 1. The zero-order valence-electron chi connectivity index (χ0n) is 13.0. The molecule has 0 aliphatic heterocycles. The highest BCUT2D eigenvalue weighted by molar-refractivity contribution is 9.10. The summed E-state index contributed by atoms with van der Waals surface area (Å²) in [5.41, 5.74) is 1.16. The molecule has 2 unspecified atom stereocenters. The third-order valence-corrected chi connectivity index (χ3v) is 5.50. The monoisotopic (exact) mass is 369 g/mol. The van der Waals surface area contributed by atoms with Gasteiger partial charge in [-0.2, -0.15) is 5.10 Å². The highest BCUT2D eigenvalue weighted by Crippen LogP contribution is 2.28. The summed E-state index contributed by atoms with van der Waals surface area (Å²) >= 11 is 5.35. The molecule has 0 saturated carbocycles. The van der Waals surface area contributed by atoms with Crippen molar-refractivity contribution in [1.82, 2.24) is 15.1 Å². The maximum absolute atomic E-state index is 4.73. The lowest BCUT2D eigenvalue weighted by molar-refractivity contribution is 0.466. The van der Waals surface area contributed by atoms with Crippen LogP contribution in [0.1, 0.15) is 56.3 Å². The molecule has 21 heavy (non-hydrogen) atoms. The van der Waals surface area contributed by atoms with Crippen molar-refractivity contribution in [3.63, 3.8) is 0 Å². The fraction of sp³-hybridized carbons (Fsp3) is 0.562. The number of aromatic nitrogens is 2. The van der Waals surface area contributed by atoms with E-state index in [4.69, 9.17) is 5.10 Å². The van der Waals surface area contributed by atoms with Gasteiger partial charge < -0.3 is 5.32 Å². The standard InChI is InChI=1S/C16H24BrN3S/c1-4-7-18-15(16-9-13(17)11-21-16)10-14-6-8-20(19-14)12(3)5-2/h6,8-9,11-12,15,18H,4-5,7,10H2,1-3H3. The first-order valence-electron chi connectivity index (χ1n) is 7.65. The van der Waals surface area contributed by atoms with Gasteiger partial charge in [0.1, 0.15) is 0 Å². The predicted octanol–water partition coefficient (Wildman–Crippen LogP) is 4.96. The fourth-order valence-electron chi connectivity index (χ4n) is 2.23. The third kappa shape index (κ3) is 4.66. The Morgan fingerprint density at radius 2 is 2.24 bits per heavy atom. The number of nitrogens with one attached hydrogen (secondary N) is 1. The van der Waals surface area contributed by atoms with Gasteiger partial charge in [-0.25, -0.2) is 0 Å². The van der Waals surface area contributed by atoms with Crippen LogP contribution in [-0.2, 0) is 6.42 Å². The summed E-state index contributed by atoms with van der Waals surface area (Å²) in [6.45, 7) is 7.64. The quantitative estimate of drug-likeness (QED) is 0.712. The highest BCUT2D eigenvalue weighted by Gasteiger charge is 2.16. The van der Waals surface area contributed by atoms with Crippen molar-refractivity contribution < 1.29 is 0 Å². The Morgan fingerprint density at radius 3 is 2.86 bits per heavy atom. The van der Waals surface area contributed by atoms with Crippen molar-refractivity contribution in [3.8, 4) is 0 Å². The molecular weight excluding hydrogens is 346 g/mol. The van der Waals surface area contributed by atoms with Crippen molar-refractivity contribution >= 4 is 27.3 Å². The molecule has 5 heteroatoms. The summed E-state index contributed by atoms with van der Waals surface area (Å²) in [6.07, 6.45) is 5.29. The first kappa shape index (κ1) is 16.7. The van der Waals surface area contributed by atoms with Gasteiger partial charge in [-0.3, -0.25) is 4.68 Å². The molecule has 2 aromatic heterocycles. The van der Waals surface area contributed by atoms with Gasteiger partial charge in [0.05, 0.1) is 5.69 Å². The second-order valence-corrected chi connectivity index (χ2v) is 7.28. The van der Waals surface area contributed by atoms with Crippen LogP contribution in [-0.4, -0.2) is 16.3 Å². The second kappa shape index (κ2) is 8.11. The van der Waals surface area contributed by atoms with Crippen LogP contribution in [0.5, 0.6) is 0 Å². The second-order valence-electron chi connectivity index (χ2n) is 5.42. The molecule has 0 saturated heterocycles. The lowest BCUT2D eigenvalue weighted by atomic mass is 10.1. The Kier molecular flexibility index (Phi) is 6.45. The van der Waals surface area contributed by atoms with E-state index in [1.54, 1.807) is 11.3 Å². The van der Waals surface area contributed by atoms with Gasteiger partial charge >= 0.3 is 0 Å². The first-order chi connectivity index (χ1) is 10.1. The third-order valence-electron chi connectivity index (χ3n) is 3.69. The van der Waals surface area contributed by atoms with Crippen LogP contribution in [0.15, 0.2) is 28.2 Å². The van der Waals surface area contributed by atoms with Crippen molar-refractivity contribution in [2.24, 2.45) is 0 Å². The number of nitrogens with zero attached hydrogens (tertiary/aromatic N) is 2. The van der Waals surface area contributed by atoms with Gasteiger partial charge in [-0.05, 0) is 54.4 Å². The average molecular weight is 370 g/mol. The van der Waals surface area contributed by atoms with Gasteiger partial charge in [-0.1, -0.05) is 13.8 Å². The van der Waals surface area contributed by atoms with E-state index >= 15 is 0 Å². The van der Waals surface area contributed by atoms with E-state index in [1.807, 2.05) is 0 Å². The van der Waals surface area contributed by atoms with Crippen LogP contribution in [0.25, 0.3) is 0 Å². The Balaban J connectivity index is 2.09. The van der Waals surface area contributed by atoms with Gasteiger partial charge in [0, 0.05) is 39.4 Å². The van der Waals surface area contributed by atoms with E-state index in [0.29, 0.717) is 12.1 Å². The van der Waals surface area contributed by atoms with Gasteiger partial charge in [0.15, 0.2) is 0 Å². The van der Waals surface area contributed by atoms with Crippen molar-refractivity contribution in [1.29, 1.82) is 0 Å². The summed E-state index contributed by atoms with van der Waals surface area (Å²) in [5.74, 6) is 0. The molecule has 0 amide bonds. The molecule has 2 heterocycles. The Labute approximate surface area is 139 Å². The summed E-state index contributed by atoms with van der Waals surface area (Å²) in [4.78, 5) is 1.37. The van der Waals surface area contributed by atoms with Crippen LogP contribution < -0.4 is 5.32 Å². The molecule has 0 aromatic carbocycles. The minimum absolute atomic E-state index is 0.349. The lowest BCUT2D eigenvalue weighted by Gasteiger charge is -2.16. The van der Waals surface area contributed by atoms with Crippen molar-refractivity contribution in [2.45, 2.75) is 52.1 Å². The van der Waals surface area contributed by atoms with E-state index in [9.17, 15) is 0 Å². The molecular formula is C16H24BrN3S. The molecule has 0 aliphatic carbocycles. The van der Waals surface area contributed by atoms with Gasteiger partial charge in [-0.15, -0.1) is 11.3 Å². The minimum atomic E-state index is 0.349. The number of hydrogen-bond acceptors (Lipinski definition) is 3. The molecule has 0 fully saturated rings. The normalized spacial score (nSPS) is 14.3. The van der Waals surface area contributed by atoms with Gasteiger partial charge in [0.25, 0.3) is 0 Å². The number of hydrogen-bond donors (Lipinski definition) is 1. The molecule has 0 aliphatic rings. The van der Waals surface area contributed by atoms with E-state index in [2.05, 4.69) is 70.4 Å². The van der Waals surface area contributed by atoms with Crippen molar-refractivity contribution in [3.05, 3.63) is 38.8 Å². The molecule has 2 atom stereocenters. The topological polar surface area (TPSA) is 29.9 Å². The number of thiophene rings is 1. The molecule has 0 radical (unpaired) electrons. The smallest absolute Gasteiger partial charge is 0.0644 e. The molecule has 1 N–H and O–H groups in total. The van der Waals surface area contributed by atoms with Crippen molar-refractivity contribution in [2.75, 3.05) is 6.54 Å². The van der Waals surface area contributed by atoms with Crippen LogP contribution in [0, 0.1) is 0 Å². The Bertz CT molecular complexity index is 549. The van der Waals surface area contributed by atoms with Crippen LogP contribution in [0.2, 0.25) is 0 Å². The zero-order chi connectivity index (χ0) is 15.2. The Morgan fingerprint density at radius 1 is 1.43 bits per heavy atom. The summed E-state index contributed by atoms with van der Waals surface area (Å²) in [6, 6.07) is 5.18. The first-order valence-corrected chi connectivity index (χ1v) is 9.32. The molecule has 2 rings (SSSR count). The van der Waals surface area contributed by atoms with Crippen LogP contribution >= 0.6 is 27.3 Å². The SMILES string of the molecule is CCCNC(Cc1ccn(C(C)CC)n1)c1cc(Br)cs1. The Hall–Kier alpha value is -0.650. The molecule has 2 aromatic rings. The summed E-state index contributed by atoms with van der Waals surface area (Å²) in [7, 11) is 0. The molecule has 116 valence electrons. The average Bonchev–Trinajstić information content (AvgIpc) is 3.11. The molecule has 3 nitrogen and oxygen atoms in total. The molecule has 0 spiro atoms. The fourth-order valence-corrected chi connectivity index (χ4v) is 3.75. The maximum Gasteiger partial charge on any atom is 0.0644 e. The van der Waals surface area contributed by atoms with Crippen LogP contribution in [0.3, 0.4) is 0 Å². The van der Waals surface area contributed by atoms with Crippen LogP contribution in [0.4, 0.5) is 0 Å². The van der Waals surface area contributed by atoms with E-state index < -0.39 is 0 Å². The number of rotatable bonds is 8. The van der Waals surface area contributed by atoms with E-state index in [0.717, 1.165) is 36.0 Å². The van der Waals surface area contributed by atoms with E-state index in [-0.39, 0.29) is 0 Å². The van der Waals surface area contributed by atoms with Gasteiger partial charge in [0.2, 0.25) is 0 Å². The van der Waals surface area contributed by atoms with E-state index in [1.165, 1.54) is 4.88 Å².